The number of fused-ring (bicyclic) bond motifs is 3. The molecule has 1 aliphatic heterocycles. The average molecular weight is 451 g/mol. The molecule has 1 heterocycles. The van der Waals surface area contributed by atoms with Crippen molar-refractivity contribution in [1.29, 1.82) is 0 Å². The zero-order valence-corrected chi connectivity index (χ0v) is 19.0. The van der Waals surface area contributed by atoms with Gasteiger partial charge in [-0.25, -0.2) is 4.79 Å². The zero-order valence-electron chi connectivity index (χ0n) is 19.0. The molecule has 3 atom stereocenters. The number of carbonyl (C=O) groups excluding carboxylic acids is 2. The monoisotopic (exact) mass is 450 g/mol. The van der Waals surface area contributed by atoms with Crippen molar-refractivity contribution in [2.24, 2.45) is 5.92 Å². The van der Waals surface area contributed by atoms with Crippen LogP contribution in [0.2, 0.25) is 0 Å². The lowest BCUT2D eigenvalue weighted by atomic mass is 9.91. The number of carbonyl (C=O) groups is 3. The first-order valence-corrected chi connectivity index (χ1v) is 11.6. The van der Waals surface area contributed by atoms with E-state index in [1.165, 1.54) is 0 Å². The molecule has 0 spiro atoms. The summed E-state index contributed by atoms with van der Waals surface area (Å²) in [6, 6.07) is 15.4. The molecule has 3 unspecified atom stereocenters. The molecule has 0 radical (unpaired) electrons. The molecule has 0 aromatic heterocycles. The molecular weight excluding hydrogens is 420 g/mol. The van der Waals surface area contributed by atoms with Crippen LogP contribution in [-0.2, 0) is 14.3 Å². The van der Waals surface area contributed by atoms with E-state index < -0.39 is 24.0 Å². The minimum absolute atomic E-state index is 0.0472. The Morgan fingerprint density at radius 1 is 1.09 bits per heavy atom. The molecule has 0 bridgehead atoms. The fraction of sp³-hybridized carbons (Fsp3) is 0.423. The van der Waals surface area contributed by atoms with Crippen LogP contribution < -0.4 is 5.32 Å². The van der Waals surface area contributed by atoms with E-state index in [1.54, 1.807) is 4.90 Å². The first-order chi connectivity index (χ1) is 15.9. The normalized spacial score (nSPS) is 20.5. The lowest BCUT2D eigenvalue weighted by molar-refractivity contribution is -0.148. The fourth-order valence-electron chi connectivity index (χ4n) is 5.04. The topological polar surface area (TPSA) is 95.9 Å². The second-order valence-corrected chi connectivity index (χ2v) is 8.87. The van der Waals surface area contributed by atoms with Crippen LogP contribution in [0, 0.1) is 5.92 Å². The van der Waals surface area contributed by atoms with Crippen molar-refractivity contribution >= 4 is 18.0 Å². The largest absolute Gasteiger partial charge is 0.481 e. The van der Waals surface area contributed by atoms with Crippen molar-refractivity contribution in [3.63, 3.8) is 0 Å². The Balaban J connectivity index is 1.37. The highest BCUT2D eigenvalue weighted by atomic mass is 16.5. The van der Waals surface area contributed by atoms with E-state index in [2.05, 4.69) is 29.6 Å². The maximum atomic E-state index is 13.0. The van der Waals surface area contributed by atoms with Crippen LogP contribution in [0.1, 0.15) is 50.2 Å². The summed E-state index contributed by atoms with van der Waals surface area (Å²) in [7, 11) is 0. The van der Waals surface area contributed by atoms with Crippen LogP contribution in [0.3, 0.4) is 0 Å². The van der Waals surface area contributed by atoms with E-state index in [9.17, 15) is 19.5 Å². The Bertz CT molecular complexity index is 1010. The molecule has 1 saturated heterocycles. The Morgan fingerprint density at radius 3 is 2.24 bits per heavy atom. The summed E-state index contributed by atoms with van der Waals surface area (Å²) in [5, 5.41) is 12.0. The standard InChI is InChI=1S/C26H30N2O5/c1-3-23(24(29)28-13-12-17(25(30)31)14-16(28)2)27-26(32)33-15-22-20-10-6-4-8-18(20)19-9-5-7-11-21(19)22/h4-11,16-17,22-23H,3,12-15H2,1-2H3,(H,27,32)(H,30,31). The van der Waals surface area contributed by atoms with Crippen LogP contribution in [0.4, 0.5) is 4.79 Å². The summed E-state index contributed by atoms with van der Waals surface area (Å²) in [5.74, 6) is -1.49. The minimum Gasteiger partial charge on any atom is -0.481 e. The minimum atomic E-state index is -0.822. The van der Waals surface area contributed by atoms with Gasteiger partial charge in [-0.1, -0.05) is 55.5 Å². The smallest absolute Gasteiger partial charge is 0.407 e. The summed E-state index contributed by atoms with van der Waals surface area (Å²) in [6.07, 6.45) is 0.647. The molecule has 2 aliphatic rings. The molecule has 0 saturated carbocycles. The number of alkyl carbamates (subject to hydrolysis) is 1. The van der Waals surface area contributed by atoms with Crippen LogP contribution in [-0.4, -0.2) is 53.2 Å². The number of amides is 2. The number of carboxylic acid groups (broad SMARTS) is 1. The molecule has 33 heavy (non-hydrogen) atoms. The number of nitrogens with one attached hydrogen (secondary N) is 1. The van der Waals surface area contributed by atoms with E-state index >= 15 is 0 Å². The van der Waals surface area contributed by atoms with Gasteiger partial charge in [-0.15, -0.1) is 0 Å². The van der Waals surface area contributed by atoms with Gasteiger partial charge >= 0.3 is 12.1 Å². The van der Waals surface area contributed by atoms with Crippen molar-refractivity contribution in [3.05, 3.63) is 59.7 Å². The van der Waals surface area contributed by atoms with Crippen molar-refractivity contribution in [3.8, 4) is 11.1 Å². The van der Waals surface area contributed by atoms with Gasteiger partial charge in [0.15, 0.2) is 0 Å². The molecule has 2 aromatic rings. The molecule has 4 rings (SSSR count). The molecule has 174 valence electrons. The van der Waals surface area contributed by atoms with E-state index in [4.69, 9.17) is 4.74 Å². The second kappa shape index (κ2) is 9.65. The molecule has 2 amide bonds. The summed E-state index contributed by atoms with van der Waals surface area (Å²) >= 11 is 0. The van der Waals surface area contributed by atoms with Gasteiger partial charge in [0.05, 0.1) is 5.92 Å². The third-order valence-corrected chi connectivity index (χ3v) is 6.85. The highest BCUT2D eigenvalue weighted by Crippen LogP contribution is 2.44. The number of piperidine rings is 1. The van der Waals surface area contributed by atoms with E-state index in [-0.39, 0.29) is 24.5 Å². The highest BCUT2D eigenvalue weighted by Gasteiger charge is 2.35. The Kier molecular flexibility index (Phi) is 6.67. The predicted molar refractivity (Wildman–Crippen MR) is 124 cm³/mol. The van der Waals surface area contributed by atoms with Gasteiger partial charge in [0.2, 0.25) is 5.91 Å². The number of aliphatic carboxylic acids is 1. The number of likely N-dealkylation sites (tertiary alicyclic amines) is 1. The van der Waals surface area contributed by atoms with Crippen molar-refractivity contribution in [1.82, 2.24) is 10.2 Å². The second-order valence-electron chi connectivity index (χ2n) is 8.87. The van der Waals surface area contributed by atoms with E-state index in [1.807, 2.05) is 38.1 Å². The average Bonchev–Trinajstić information content (AvgIpc) is 3.14. The van der Waals surface area contributed by atoms with Gasteiger partial charge < -0.3 is 20.1 Å². The third kappa shape index (κ3) is 4.58. The van der Waals surface area contributed by atoms with Crippen molar-refractivity contribution in [2.75, 3.05) is 13.2 Å². The zero-order chi connectivity index (χ0) is 23.5. The highest BCUT2D eigenvalue weighted by molar-refractivity contribution is 5.86. The summed E-state index contributed by atoms with van der Waals surface area (Å²) in [4.78, 5) is 38.6. The number of hydrogen-bond donors (Lipinski definition) is 2. The van der Waals surface area contributed by atoms with Gasteiger partial charge in [-0.05, 0) is 48.4 Å². The molecule has 1 fully saturated rings. The van der Waals surface area contributed by atoms with Crippen LogP contribution >= 0.6 is 0 Å². The Morgan fingerprint density at radius 2 is 1.70 bits per heavy atom. The quantitative estimate of drug-likeness (QED) is 0.693. The molecule has 7 heteroatoms. The number of benzene rings is 2. The number of ether oxygens (including phenoxy) is 1. The van der Waals surface area contributed by atoms with Gasteiger partial charge in [0, 0.05) is 18.5 Å². The van der Waals surface area contributed by atoms with Gasteiger partial charge in [0.1, 0.15) is 12.6 Å². The summed E-state index contributed by atoms with van der Waals surface area (Å²) in [5.41, 5.74) is 4.57. The fourth-order valence-corrected chi connectivity index (χ4v) is 5.04. The van der Waals surface area contributed by atoms with E-state index in [0.29, 0.717) is 25.8 Å². The number of nitrogens with zero attached hydrogens (tertiary/aromatic N) is 1. The van der Waals surface area contributed by atoms with Crippen LogP contribution in [0.5, 0.6) is 0 Å². The first-order valence-electron chi connectivity index (χ1n) is 11.6. The lowest BCUT2D eigenvalue weighted by Crippen LogP contribution is -2.54. The molecule has 1 aliphatic carbocycles. The van der Waals surface area contributed by atoms with Crippen molar-refractivity contribution in [2.45, 2.75) is 51.1 Å². The third-order valence-electron chi connectivity index (χ3n) is 6.85. The molecule has 2 aromatic carbocycles. The SMILES string of the molecule is CCC(NC(=O)OCC1c2ccccc2-c2ccccc21)C(=O)N1CCC(C(=O)O)CC1C. The van der Waals surface area contributed by atoms with Crippen LogP contribution in [0.25, 0.3) is 11.1 Å². The Labute approximate surface area is 193 Å². The van der Waals surface area contributed by atoms with Crippen molar-refractivity contribution < 1.29 is 24.2 Å². The first kappa shape index (κ1) is 22.8. The van der Waals surface area contributed by atoms with Crippen LogP contribution in [0.15, 0.2) is 48.5 Å². The molecule has 7 nitrogen and oxygen atoms in total. The number of hydrogen-bond acceptors (Lipinski definition) is 4. The Hall–Kier alpha value is -3.35. The number of rotatable bonds is 6. The van der Waals surface area contributed by atoms with Gasteiger partial charge in [0.25, 0.3) is 0 Å². The van der Waals surface area contributed by atoms with E-state index in [0.717, 1.165) is 22.3 Å². The lowest BCUT2D eigenvalue weighted by Gasteiger charge is -2.38. The predicted octanol–water partition coefficient (Wildman–Crippen LogP) is 4.02. The summed E-state index contributed by atoms with van der Waals surface area (Å²) < 4.78 is 5.59. The maximum absolute atomic E-state index is 13.0. The summed E-state index contributed by atoms with van der Waals surface area (Å²) in [6.45, 7) is 4.25. The maximum Gasteiger partial charge on any atom is 0.407 e. The number of carboxylic acids is 1. The molecule has 2 N–H and O–H groups in total. The van der Waals surface area contributed by atoms with Gasteiger partial charge in [-0.2, -0.15) is 0 Å². The molecular formula is C26H30N2O5. The van der Waals surface area contributed by atoms with Gasteiger partial charge in [-0.3, -0.25) is 9.59 Å².